The molecule has 7 nitrogen and oxygen atoms in total. The number of hydrogen-bond donors (Lipinski definition) is 0. The van der Waals surface area contributed by atoms with Gasteiger partial charge in [-0.3, -0.25) is 0 Å². The molecule has 0 aliphatic carbocycles. The second-order valence-electron chi connectivity index (χ2n) is 6.85. The highest BCUT2D eigenvalue weighted by Crippen LogP contribution is 2.31. The molecule has 162 valence electrons. The molecule has 0 saturated heterocycles. The smallest absolute Gasteiger partial charge is 0.351 e. The van der Waals surface area contributed by atoms with Gasteiger partial charge in [-0.25, -0.2) is 14.4 Å². The Kier molecular flexibility index (Phi) is 5.89. The van der Waals surface area contributed by atoms with Gasteiger partial charge in [-0.15, -0.1) is 0 Å². The van der Waals surface area contributed by atoms with Crippen molar-refractivity contribution in [2.24, 2.45) is 0 Å². The third kappa shape index (κ3) is 4.05. The Morgan fingerprint density at radius 2 is 1.62 bits per heavy atom. The second-order valence-corrected chi connectivity index (χ2v) is 6.85. The van der Waals surface area contributed by atoms with Gasteiger partial charge in [0.2, 0.25) is 0 Å². The molecule has 0 bridgehead atoms. The largest absolute Gasteiger partial charge is 0.494 e. The van der Waals surface area contributed by atoms with Crippen LogP contribution in [0.3, 0.4) is 0 Å². The Morgan fingerprint density at radius 1 is 0.844 bits per heavy atom. The monoisotopic (exact) mass is 432 g/mol. The van der Waals surface area contributed by atoms with Crippen LogP contribution in [0.1, 0.15) is 34.6 Å². The summed E-state index contributed by atoms with van der Waals surface area (Å²) in [6, 6.07) is 16.8. The Hall–Kier alpha value is -4.13. The molecular formula is C25H20O7. The second kappa shape index (κ2) is 8.93. The van der Waals surface area contributed by atoms with Gasteiger partial charge < -0.3 is 18.6 Å². The molecule has 0 radical (unpaired) electrons. The summed E-state index contributed by atoms with van der Waals surface area (Å²) in [7, 11) is 0. The van der Waals surface area contributed by atoms with E-state index in [1.165, 1.54) is 12.1 Å². The summed E-state index contributed by atoms with van der Waals surface area (Å²) in [5.41, 5.74) is -0.765. The quantitative estimate of drug-likeness (QED) is 0.247. The fraction of sp³-hybridized carbons (Fsp3) is 0.160. The number of hydrogen-bond acceptors (Lipinski definition) is 7. The van der Waals surface area contributed by atoms with Crippen molar-refractivity contribution >= 4 is 33.7 Å². The molecule has 0 saturated carbocycles. The van der Waals surface area contributed by atoms with Gasteiger partial charge in [0, 0.05) is 16.8 Å². The number of carbonyl (C=O) groups excluding carboxylic acids is 2. The highest BCUT2D eigenvalue weighted by molar-refractivity contribution is 6.04. The lowest BCUT2D eigenvalue weighted by Gasteiger charge is -2.12. The molecule has 4 aromatic rings. The number of fused-ring (bicyclic) bond motifs is 2. The van der Waals surface area contributed by atoms with E-state index in [2.05, 4.69) is 0 Å². The lowest BCUT2D eigenvalue weighted by atomic mass is 10.1. The highest BCUT2D eigenvalue weighted by atomic mass is 16.5. The van der Waals surface area contributed by atoms with Gasteiger partial charge >= 0.3 is 17.6 Å². The standard InChI is InChI=1S/C25H20O7/c1-3-29-17-11-9-16-13-20(24(27)31-21(16)14-17)25(28)32-22-18-8-6-5-7-15(18)10-12-19(22)23(26)30-4-2/h5-14H,3-4H2,1-2H3. The van der Waals surface area contributed by atoms with Crippen molar-refractivity contribution in [2.45, 2.75) is 13.8 Å². The topological polar surface area (TPSA) is 92.0 Å². The van der Waals surface area contributed by atoms with Crippen LogP contribution in [0.5, 0.6) is 11.5 Å². The molecule has 0 spiro atoms. The fourth-order valence-electron chi connectivity index (χ4n) is 3.36. The average molecular weight is 432 g/mol. The zero-order valence-corrected chi connectivity index (χ0v) is 17.5. The van der Waals surface area contributed by atoms with Gasteiger partial charge in [-0.05, 0) is 43.5 Å². The number of ether oxygens (including phenoxy) is 3. The average Bonchev–Trinajstić information content (AvgIpc) is 2.79. The summed E-state index contributed by atoms with van der Waals surface area (Å²) in [6.45, 7) is 4.16. The van der Waals surface area contributed by atoms with Gasteiger partial charge in [-0.2, -0.15) is 0 Å². The Morgan fingerprint density at radius 3 is 2.41 bits per heavy atom. The van der Waals surface area contributed by atoms with Crippen molar-refractivity contribution in [3.8, 4) is 11.5 Å². The molecule has 0 unspecified atom stereocenters. The fourth-order valence-corrected chi connectivity index (χ4v) is 3.36. The highest BCUT2D eigenvalue weighted by Gasteiger charge is 2.23. The maximum Gasteiger partial charge on any atom is 0.351 e. The summed E-state index contributed by atoms with van der Waals surface area (Å²) in [5.74, 6) is -0.988. The van der Waals surface area contributed by atoms with Gasteiger partial charge in [-0.1, -0.05) is 30.3 Å². The molecule has 4 rings (SSSR count). The minimum absolute atomic E-state index is 0.0257. The van der Waals surface area contributed by atoms with Crippen molar-refractivity contribution in [3.63, 3.8) is 0 Å². The summed E-state index contributed by atoms with van der Waals surface area (Å²) in [6.07, 6.45) is 0. The first-order valence-electron chi connectivity index (χ1n) is 10.1. The van der Waals surface area contributed by atoms with Gasteiger partial charge in [0.25, 0.3) is 0 Å². The minimum atomic E-state index is -0.934. The van der Waals surface area contributed by atoms with Crippen molar-refractivity contribution in [1.29, 1.82) is 0 Å². The van der Waals surface area contributed by atoms with Gasteiger partial charge in [0.1, 0.15) is 22.5 Å². The summed E-state index contributed by atoms with van der Waals surface area (Å²) in [5, 5.41) is 1.83. The van der Waals surface area contributed by atoms with E-state index in [0.29, 0.717) is 23.1 Å². The molecule has 1 aromatic heterocycles. The lowest BCUT2D eigenvalue weighted by molar-refractivity contribution is 0.0521. The van der Waals surface area contributed by atoms with Crippen LogP contribution in [0.25, 0.3) is 21.7 Å². The third-order valence-corrected chi connectivity index (χ3v) is 4.81. The van der Waals surface area contributed by atoms with E-state index in [4.69, 9.17) is 18.6 Å². The molecule has 7 heteroatoms. The van der Waals surface area contributed by atoms with Crippen LogP contribution in [-0.2, 0) is 4.74 Å². The Bertz CT molecular complexity index is 1380. The van der Waals surface area contributed by atoms with Crippen molar-refractivity contribution in [3.05, 3.63) is 82.2 Å². The van der Waals surface area contributed by atoms with E-state index in [9.17, 15) is 14.4 Å². The van der Waals surface area contributed by atoms with Crippen LogP contribution in [0.2, 0.25) is 0 Å². The van der Waals surface area contributed by atoms with E-state index in [1.54, 1.807) is 43.3 Å². The normalized spacial score (nSPS) is 10.8. The molecule has 32 heavy (non-hydrogen) atoms. The zero-order chi connectivity index (χ0) is 22.7. The summed E-state index contributed by atoms with van der Waals surface area (Å²) in [4.78, 5) is 37.9. The van der Waals surface area contributed by atoms with Crippen LogP contribution in [0.4, 0.5) is 0 Å². The van der Waals surface area contributed by atoms with Gasteiger partial charge in [0.05, 0.1) is 13.2 Å². The molecule has 1 heterocycles. The molecule has 0 atom stereocenters. The first-order valence-corrected chi connectivity index (χ1v) is 10.1. The van der Waals surface area contributed by atoms with Crippen molar-refractivity contribution in [2.75, 3.05) is 13.2 Å². The lowest BCUT2D eigenvalue weighted by Crippen LogP contribution is -2.20. The Balaban J connectivity index is 1.77. The molecule has 0 N–H and O–H groups in total. The molecule has 0 fully saturated rings. The third-order valence-electron chi connectivity index (χ3n) is 4.81. The maximum absolute atomic E-state index is 13.0. The zero-order valence-electron chi connectivity index (χ0n) is 17.5. The SMILES string of the molecule is CCOC(=O)c1ccc2ccccc2c1OC(=O)c1cc2ccc(OCC)cc2oc1=O. The van der Waals surface area contributed by atoms with Crippen molar-refractivity contribution < 1.29 is 28.2 Å². The van der Waals surface area contributed by atoms with Crippen LogP contribution >= 0.6 is 0 Å². The number of carbonyl (C=O) groups is 2. The van der Waals surface area contributed by atoms with Crippen molar-refractivity contribution in [1.82, 2.24) is 0 Å². The van der Waals surface area contributed by atoms with Crippen LogP contribution in [0, 0.1) is 0 Å². The predicted octanol–water partition coefficient (Wildman–Crippen LogP) is 4.74. The number of esters is 2. The summed E-state index contributed by atoms with van der Waals surface area (Å²) < 4.78 is 21.4. The van der Waals surface area contributed by atoms with E-state index < -0.39 is 17.6 Å². The molecule has 0 amide bonds. The minimum Gasteiger partial charge on any atom is -0.494 e. The van der Waals surface area contributed by atoms with Crippen LogP contribution < -0.4 is 15.1 Å². The van der Waals surface area contributed by atoms with E-state index in [1.807, 2.05) is 19.1 Å². The number of benzene rings is 3. The predicted molar refractivity (Wildman–Crippen MR) is 119 cm³/mol. The first kappa shape index (κ1) is 21.1. The van der Waals surface area contributed by atoms with Gasteiger partial charge in [0.15, 0.2) is 5.75 Å². The van der Waals surface area contributed by atoms with E-state index >= 15 is 0 Å². The first-order chi connectivity index (χ1) is 15.5. The van der Waals surface area contributed by atoms with E-state index in [-0.39, 0.29) is 29.1 Å². The number of rotatable bonds is 6. The van der Waals surface area contributed by atoms with Crippen LogP contribution in [-0.4, -0.2) is 25.2 Å². The molecule has 0 aliphatic rings. The molecular weight excluding hydrogens is 412 g/mol. The van der Waals surface area contributed by atoms with E-state index in [0.717, 1.165) is 5.39 Å². The molecule has 3 aromatic carbocycles. The van der Waals surface area contributed by atoms with Crippen LogP contribution in [0.15, 0.2) is 69.9 Å². The maximum atomic E-state index is 13.0. The summed E-state index contributed by atoms with van der Waals surface area (Å²) >= 11 is 0. The Labute approximate surface area is 183 Å². The molecule has 0 aliphatic heterocycles.